The maximum atomic E-state index is 12.2. The number of methoxy groups -OCH3 is 1. The lowest BCUT2D eigenvalue weighted by Crippen LogP contribution is -2.26. The molecule has 1 amide bonds. The number of carbonyl (C=O) groups is 1. The molecular weight excluding hydrogens is 352 g/mol. The zero-order valence-electron chi connectivity index (χ0n) is 13.0. The highest BCUT2D eigenvalue weighted by Gasteiger charge is 2.17. The molecule has 0 unspecified atom stereocenters. The smallest absolute Gasteiger partial charge is 0.255 e. The number of nitrogens with one attached hydrogen (secondary N) is 1. The number of sulfonamides is 1. The number of hydrogen-bond acceptors (Lipinski definition) is 6. The van der Waals surface area contributed by atoms with Crippen molar-refractivity contribution < 1.29 is 22.4 Å². The first-order valence-corrected chi connectivity index (χ1v) is 9.71. The van der Waals surface area contributed by atoms with E-state index >= 15 is 0 Å². The zero-order chi connectivity index (χ0) is 17.6. The molecule has 0 saturated carbocycles. The van der Waals surface area contributed by atoms with Crippen LogP contribution in [-0.2, 0) is 15.8 Å². The number of ether oxygens (including phenoxy) is 1. The Kier molecular flexibility index (Phi) is 6.29. The Labute approximate surface area is 144 Å². The third-order valence-electron chi connectivity index (χ3n) is 3.10. The van der Waals surface area contributed by atoms with Crippen molar-refractivity contribution in [3.05, 3.63) is 47.9 Å². The normalized spacial score (nSPS) is 11.2. The van der Waals surface area contributed by atoms with Gasteiger partial charge < -0.3 is 14.5 Å². The summed E-state index contributed by atoms with van der Waals surface area (Å²) >= 11 is 1.61. The van der Waals surface area contributed by atoms with Gasteiger partial charge in [0.05, 0.1) is 29.6 Å². The van der Waals surface area contributed by atoms with Crippen LogP contribution in [0.1, 0.15) is 16.1 Å². The molecule has 130 valence electrons. The SMILES string of the molecule is COc1ccc(S(N)(=O)=O)cc1C(=O)NCCSCc1ccco1. The minimum atomic E-state index is -3.89. The number of amides is 1. The maximum absolute atomic E-state index is 12.2. The minimum absolute atomic E-state index is 0.125. The van der Waals surface area contributed by atoms with Gasteiger partial charge in [-0.1, -0.05) is 0 Å². The number of hydrogen-bond donors (Lipinski definition) is 2. The van der Waals surface area contributed by atoms with Crippen LogP contribution in [0.2, 0.25) is 0 Å². The molecule has 7 nitrogen and oxygen atoms in total. The van der Waals surface area contributed by atoms with E-state index in [1.165, 1.54) is 25.3 Å². The van der Waals surface area contributed by atoms with E-state index in [1.54, 1.807) is 18.0 Å². The fourth-order valence-electron chi connectivity index (χ4n) is 1.94. The lowest BCUT2D eigenvalue weighted by Gasteiger charge is -2.10. The van der Waals surface area contributed by atoms with Crippen LogP contribution < -0.4 is 15.2 Å². The monoisotopic (exact) mass is 370 g/mol. The number of rotatable bonds is 8. The van der Waals surface area contributed by atoms with E-state index in [2.05, 4.69) is 5.32 Å². The molecule has 1 aromatic heterocycles. The molecule has 0 saturated heterocycles. The van der Waals surface area contributed by atoms with Crippen molar-refractivity contribution in [2.75, 3.05) is 19.4 Å². The number of benzene rings is 1. The Bertz CT molecular complexity index is 788. The van der Waals surface area contributed by atoms with E-state index in [4.69, 9.17) is 14.3 Å². The molecule has 0 radical (unpaired) electrons. The van der Waals surface area contributed by atoms with Crippen LogP contribution in [0.15, 0.2) is 45.9 Å². The quantitative estimate of drug-likeness (QED) is 0.683. The summed E-state index contributed by atoms with van der Waals surface area (Å²) in [5, 5.41) is 7.82. The second-order valence-electron chi connectivity index (χ2n) is 4.79. The predicted molar refractivity (Wildman–Crippen MR) is 91.6 cm³/mol. The average molecular weight is 370 g/mol. The molecule has 2 aromatic rings. The first-order chi connectivity index (χ1) is 11.4. The molecule has 0 fully saturated rings. The third kappa shape index (κ3) is 5.02. The molecule has 1 aromatic carbocycles. The van der Waals surface area contributed by atoms with Crippen molar-refractivity contribution in [3.63, 3.8) is 0 Å². The molecule has 24 heavy (non-hydrogen) atoms. The van der Waals surface area contributed by atoms with E-state index < -0.39 is 15.9 Å². The maximum Gasteiger partial charge on any atom is 0.255 e. The second-order valence-corrected chi connectivity index (χ2v) is 7.46. The average Bonchev–Trinajstić information content (AvgIpc) is 3.06. The highest BCUT2D eigenvalue weighted by atomic mass is 32.2. The lowest BCUT2D eigenvalue weighted by atomic mass is 10.2. The summed E-state index contributed by atoms with van der Waals surface area (Å²) in [6.07, 6.45) is 1.61. The molecule has 2 rings (SSSR count). The van der Waals surface area contributed by atoms with Crippen LogP contribution >= 0.6 is 11.8 Å². The summed E-state index contributed by atoms with van der Waals surface area (Å²) in [4.78, 5) is 12.1. The van der Waals surface area contributed by atoms with E-state index in [0.29, 0.717) is 18.1 Å². The van der Waals surface area contributed by atoms with Gasteiger partial charge in [0.1, 0.15) is 11.5 Å². The number of thioether (sulfide) groups is 1. The van der Waals surface area contributed by atoms with Crippen molar-refractivity contribution in [3.8, 4) is 5.75 Å². The number of nitrogens with two attached hydrogens (primary N) is 1. The van der Waals surface area contributed by atoms with E-state index in [1.807, 2.05) is 12.1 Å². The highest BCUT2D eigenvalue weighted by molar-refractivity contribution is 7.98. The molecule has 0 spiro atoms. The molecule has 0 aliphatic rings. The van der Waals surface area contributed by atoms with Gasteiger partial charge in [0, 0.05) is 12.3 Å². The van der Waals surface area contributed by atoms with E-state index in [9.17, 15) is 13.2 Å². The van der Waals surface area contributed by atoms with Crippen LogP contribution in [0.25, 0.3) is 0 Å². The molecule has 0 aliphatic carbocycles. The summed E-state index contributed by atoms with van der Waals surface area (Å²) in [7, 11) is -2.48. The van der Waals surface area contributed by atoms with Crippen LogP contribution in [0.3, 0.4) is 0 Å². The van der Waals surface area contributed by atoms with Crippen LogP contribution in [0, 0.1) is 0 Å². The molecule has 0 aliphatic heterocycles. The van der Waals surface area contributed by atoms with Crippen molar-refractivity contribution in [1.29, 1.82) is 0 Å². The summed E-state index contributed by atoms with van der Waals surface area (Å²) in [6.45, 7) is 0.424. The van der Waals surface area contributed by atoms with Gasteiger partial charge in [-0.3, -0.25) is 4.79 Å². The molecular formula is C15H18N2O5S2. The van der Waals surface area contributed by atoms with Gasteiger partial charge in [-0.15, -0.1) is 0 Å². The predicted octanol–water partition coefficient (Wildman–Crippen LogP) is 1.60. The van der Waals surface area contributed by atoms with Gasteiger partial charge >= 0.3 is 0 Å². The molecule has 0 bridgehead atoms. The Hall–Kier alpha value is -1.97. The minimum Gasteiger partial charge on any atom is -0.496 e. The number of carbonyl (C=O) groups excluding carboxylic acids is 1. The summed E-state index contributed by atoms with van der Waals surface area (Å²) in [5.74, 6) is 2.13. The van der Waals surface area contributed by atoms with Crippen molar-refractivity contribution in [1.82, 2.24) is 5.32 Å². The van der Waals surface area contributed by atoms with Gasteiger partial charge in [-0.2, -0.15) is 11.8 Å². The van der Waals surface area contributed by atoms with Gasteiger partial charge in [0.2, 0.25) is 10.0 Å². The van der Waals surface area contributed by atoms with Crippen molar-refractivity contribution in [2.24, 2.45) is 5.14 Å². The largest absolute Gasteiger partial charge is 0.496 e. The Morgan fingerprint density at radius 2 is 2.17 bits per heavy atom. The van der Waals surface area contributed by atoms with Gasteiger partial charge in [0.25, 0.3) is 5.91 Å². The second kappa shape index (κ2) is 8.22. The van der Waals surface area contributed by atoms with Crippen LogP contribution in [0.5, 0.6) is 5.75 Å². The zero-order valence-corrected chi connectivity index (χ0v) is 14.7. The number of primary sulfonamides is 1. The third-order valence-corrected chi connectivity index (χ3v) is 4.99. The molecule has 1 heterocycles. The summed E-state index contributed by atoms with van der Waals surface area (Å²) in [6, 6.07) is 7.61. The van der Waals surface area contributed by atoms with Gasteiger partial charge in [0.15, 0.2) is 0 Å². The fourth-order valence-corrected chi connectivity index (χ4v) is 3.24. The van der Waals surface area contributed by atoms with Gasteiger partial charge in [-0.25, -0.2) is 13.6 Å². The Morgan fingerprint density at radius 3 is 2.79 bits per heavy atom. The number of furan rings is 1. The van der Waals surface area contributed by atoms with Crippen molar-refractivity contribution >= 4 is 27.7 Å². The molecule has 9 heteroatoms. The van der Waals surface area contributed by atoms with Crippen molar-refractivity contribution in [2.45, 2.75) is 10.6 Å². The molecule has 0 atom stereocenters. The Morgan fingerprint density at radius 1 is 1.38 bits per heavy atom. The van der Waals surface area contributed by atoms with E-state index in [0.717, 1.165) is 5.76 Å². The Balaban J connectivity index is 1.93. The topological polar surface area (TPSA) is 112 Å². The standard InChI is InChI=1S/C15H18N2O5S2/c1-21-14-5-4-12(24(16,19)20)9-13(14)15(18)17-6-8-23-10-11-3-2-7-22-11/h2-5,7,9H,6,8,10H2,1H3,(H,17,18)(H2,16,19,20). The van der Waals surface area contributed by atoms with Crippen LogP contribution in [-0.4, -0.2) is 33.7 Å². The summed E-state index contributed by atoms with van der Waals surface area (Å²) < 4.78 is 33.1. The summed E-state index contributed by atoms with van der Waals surface area (Å²) in [5.41, 5.74) is 0.125. The fraction of sp³-hybridized carbons (Fsp3) is 0.267. The van der Waals surface area contributed by atoms with E-state index in [-0.39, 0.29) is 16.2 Å². The first kappa shape index (κ1) is 18.4. The lowest BCUT2D eigenvalue weighted by molar-refractivity contribution is 0.0953. The highest BCUT2D eigenvalue weighted by Crippen LogP contribution is 2.22. The van der Waals surface area contributed by atoms with Crippen LogP contribution in [0.4, 0.5) is 0 Å². The first-order valence-electron chi connectivity index (χ1n) is 7.01. The van der Waals surface area contributed by atoms with Gasteiger partial charge in [-0.05, 0) is 30.3 Å². The molecule has 3 N–H and O–H groups in total.